The lowest BCUT2D eigenvalue weighted by atomic mass is 9.80. The summed E-state index contributed by atoms with van der Waals surface area (Å²) in [5.74, 6) is 0. The molecule has 0 amide bonds. The smallest absolute Gasteiger partial charge is 0.423 e. The molecule has 1 heterocycles. The van der Waals surface area contributed by atoms with E-state index in [-0.39, 0.29) is 5.46 Å². The number of nitrogens with zero attached hydrogens (tertiary/aromatic N) is 1. The topological polar surface area (TPSA) is 53.4 Å². The SMILES string of the molecule is OB(O)c1cc(Cl)nc(C(F)(F)F)c1. The molecule has 0 unspecified atom stereocenters. The Morgan fingerprint density at radius 3 is 2.29 bits per heavy atom. The van der Waals surface area contributed by atoms with Crippen LogP contribution >= 0.6 is 11.6 Å². The lowest BCUT2D eigenvalue weighted by molar-refractivity contribution is -0.141. The molecular formula is C6H4BClF3NO2. The molecule has 2 N–H and O–H groups in total. The fraction of sp³-hybridized carbons (Fsp3) is 0.167. The van der Waals surface area contributed by atoms with E-state index >= 15 is 0 Å². The molecule has 8 heteroatoms. The van der Waals surface area contributed by atoms with Gasteiger partial charge in [0, 0.05) is 0 Å². The largest absolute Gasteiger partial charge is 0.488 e. The van der Waals surface area contributed by atoms with Crippen LogP contribution in [0.3, 0.4) is 0 Å². The Kier molecular flexibility index (Phi) is 3.03. The van der Waals surface area contributed by atoms with Gasteiger partial charge in [-0.1, -0.05) is 11.6 Å². The van der Waals surface area contributed by atoms with E-state index in [2.05, 4.69) is 4.98 Å². The quantitative estimate of drug-likeness (QED) is 0.538. The second-order valence-corrected chi connectivity index (χ2v) is 2.87. The first-order valence-electron chi connectivity index (χ1n) is 3.41. The van der Waals surface area contributed by atoms with E-state index in [1.54, 1.807) is 0 Å². The summed E-state index contributed by atoms with van der Waals surface area (Å²) in [7, 11) is -2.00. The van der Waals surface area contributed by atoms with Crippen LogP contribution in [0.4, 0.5) is 13.2 Å². The van der Waals surface area contributed by atoms with Crippen molar-refractivity contribution in [2.75, 3.05) is 0 Å². The van der Waals surface area contributed by atoms with E-state index in [9.17, 15) is 13.2 Å². The first-order chi connectivity index (χ1) is 6.30. The van der Waals surface area contributed by atoms with Crippen molar-refractivity contribution in [2.24, 2.45) is 0 Å². The van der Waals surface area contributed by atoms with Crippen LogP contribution in [0.15, 0.2) is 12.1 Å². The molecule has 1 aromatic heterocycles. The maximum Gasteiger partial charge on any atom is 0.488 e. The molecule has 1 aromatic rings. The molecule has 0 aliphatic carbocycles. The third-order valence-electron chi connectivity index (χ3n) is 1.40. The number of hydrogen-bond donors (Lipinski definition) is 2. The summed E-state index contributed by atoms with van der Waals surface area (Å²) in [5.41, 5.74) is -1.61. The van der Waals surface area contributed by atoms with Gasteiger partial charge >= 0.3 is 13.3 Å². The van der Waals surface area contributed by atoms with Crippen LogP contribution in [0, 0.1) is 0 Å². The summed E-state index contributed by atoms with van der Waals surface area (Å²) in [4.78, 5) is 3.01. The van der Waals surface area contributed by atoms with Gasteiger partial charge in [-0.3, -0.25) is 0 Å². The number of hydrogen-bond acceptors (Lipinski definition) is 3. The Bertz CT molecular complexity index is 344. The zero-order valence-electron chi connectivity index (χ0n) is 6.59. The second kappa shape index (κ2) is 3.76. The van der Waals surface area contributed by atoms with Gasteiger partial charge in [0.1, 0.15) is 10.8 Å². The molecule has 0 aliphatic rings. The van der Waals surface area contributed by atoms with Crippen molar-refractivity contribution in [3.63, 3.8) is 0 Å². The Labute approximate surface area is 82.3 Å². The molecule has 1 rings (SSSR count). The summed E-state index contributed by atoms with van der Waals surface area (Å²) < 4.78 is 36.4. The highest BCUT2D eigenvalue weighted by Gasteiger charge is 2.34. The molecule has 0 atom stereocenters. The molecular weight excluding hydrogens is 221 g/mol. The Morgan fingerprint density at radius 1 is 1.29 bits per heavy atom. The van der Waals surface area contributed by atoms with Gasteiger partial charge in [-0.05, 0) is 17.6 Å². The predicted molar refractivity (Wildman–Crippen MR) is 44.1 cm³/mol. The molecule has 0 fully saturated rings. The van der Waals surface area contributed by atoms with E-state index in [0.29, 0.717) is 6.07 Å². The van der Waals surface area contributed by atoms with Gasteiger partial charge in [-0.2, -0.15) is 13.2 Å². The molecule has 0 aliphatic heterocycles. The van der Waals surface area contributed by atoms with Gasteiger partial charge in [0.05, 0.1) is 0 Å². The summed E-state index contributed by atoms with van der Waals surface area (Å²) in [5, 5.41) is 16.8. The van der Waals surface area contributed by atoms with Crippen molar-refractivity contribution in [3.05, 3.63) is 23.0 Å². The molecule has 0 saturated heterocycles. The number of alkyl halides is 3. The van der Waals surface area contributed by atoms with Crippen LogP contribution in [-0.2, 0) is 6.18 Å². The highest BCUT2D eigenvalue weighted by Crippen LogP contribution is 2.27. The average molecular weight is 225 g/mol. The zero-order valence-corrected chi connectivity index (χ0v) is 7.34. The summed E-state index contributed by atoms with van der Waals surface area (Å²) in [6.45, 7) is 0. The van der Waals surface area contributed by atoms with Crippen molar-refractivity contribution >= 4 is 24.2 Å². The molecule has 0 saturated carbocycles. The van der Waals surface area contributed by atoms with Gasteiger partial charge in [-0.25, -0.2) is 4.98 Å². The Balaban J connectivity index is 3.21. The van der Waals surface area contributed by atoms with Gasteiger partial charge < -0.3 is 10.0 Å². The summed E-state index contributed by atoms with van der Waals surface area (Å²) in [6.07, 6.45) is -4.66. The molecule has 0 radical (unpaired) electrons. The van der Waals surface area contributed by atoms with Crippen LogP contribution in [0.1, 0.15) is 5.69 Å². The standard InChI is InChI=1S/C6H4BClF3NO2/c8-5-2-3(7(13)14)1-4(12-5)6(9,10)11/h1-2,13-14H. The minimum atomic E-state index is -4.66. The number of rotatable bonds is 1. The van der Waals surface area contributed by atoms with Crippen molar-refractivity contribution in [2.45, 2.75) is 6.18 Å². The van der Waals surface area contributed by atoms with E-state index < -0.39 is 24.1 Å². The lowest BCUT2D eigenvalue weighted by Gasteiger charge is -2.07. The van der Waals surface area contributed by atoms with E-state index in [1.165, 1.54) is 0 Å². The van der Waals surface area contributed by atoms with E-state index in [4.69, 9.17) is 21.6 Å². The van der Waals surface area contributed by atoms with Crippen LogP contribution in [0.2, 0.25) is 5.15 Å². The molecule has 14 heavy (non-hydrogen) atoms. The van der Waals surface area contributed by atoms with Crippen molar-refractivity contribution < 1.29 is 23.2 Å². The average Bonchev–Trinajstić information content (AvgIpc) is 2.01. The van der Waals surface area contributed by atoms with Crippen molar-refractivity contribution in [1.82, 2.24) is 4.98 Å². The maximum atomic E-state index is 12.1. The van der Waals surface area contributed by atoms with Crippen LogP contribution in [-0.4, -0.2) is 22.2 Å². The number of aromatic nitrogens is 1. The van der Waals surface area contributed by atoms with Gasteiger partial charge in [0.15, 0.2) is 0 Å². The van der Waals surface area contributed by atoms with Crippen LogP contribution in [0.25, 0.3) is 0 Å². The monoisotopic (exact) mass is 225 g/mol. The number of pyridine rings is 1. The van der Waals surface area contributed by atoms with E-state index in [0.717, 1.165) is 6.07 Å². The van der Waals surface area contributed by atoms with Crippen molar-refractivity contribution in [1.29, 1.82) is 0 Å². The minimum Gasteiger partial charge on any atom is -0.423 e. The molecule has 0 aromatic carbocycles. The van der Waals surface area contributed by atoms with Crippen LogP contribution < -0.4 is 5.46 Å². The van der Waals surface area contributed by atoms with E-state index in [1.807, 2.05) is 0 Å². The fourth-order valence-corrected chi connectivity index (χ4v) is 1.03. The fourth-order valence-electron chi connectivity index (χ4n) is 0.811. The highest BCUT2D eigenvalue weighted by molar-refractivity contribution is 6.59. The first-order valence-corrected chi connectivity index (χ1v) is 3.79. The lowest BCUT2D eigenvalue weighted by Crippen LogP contribution is -2.31. The molecule has 3 nitrogen and oxygen atoms in total. The third-order valence-corrected chi connectivity index (χ3v) is 1.60. The highest BCUT2D eigenvalue weighted by atomic mass is 35.5. The van der Waals surface area contributed by atoms with Gasteiger partial charge in [0.2, 0.25) is 0 Å². The van der Waals surface area contributed by atoms with Gasteiger partial charge in [0.25, 0.3) is 0 Å². The first kappa shape index (κ1) is 11.3. The zero-order chi connectivity index (χ0) is 10.9. The second-order valence-electron chi connectivity index (χ2n) is 2.48. The van der Waals surface area contributed by atoms with Gasteiger partial charge in [-0.15, -0.1) is 0 Å². The van der Waals surface area contributed by atoms with Crippen molar-refractivity contribution in [3.8, 4) is 0 Å². The Hall–Kier alpha value is -0.785. The van der Waals surface area contributed by atoms with Crippen LogP contribution in [0.5, 0.6) is 0 Å². The minimum absolute atomic E-state index is 0.350. The molecule has 0 bridgehead atoms. The number of halogens is 4. The maximum absolute atomic E-state index is 12.1. The summed E-state index contributed by atoms with van der Waals surface area (Å²) in [6, 6.07) is 1.47. The summed E-state index contributed by atoms with van der Waals surface area (Å²) >= 11 is 5.27. The molecule has 76 valence electrons. The third kappa shape index (κ3) is 2.60. The predicted octanol–water partition coefficient (Wildman–Crippen LogP) is 0.434. The normalized spacial score (nSPS) is 11.6. The molecule has 0 spiro atoms. The Morgan fingerprint density at radius 2 is 1.86 bits per heavy atom.